The molecule has 2 amide bonds. The van der Waals surface area contributed by atoms with Crippen molar-refractivity contribution >= 4 is 52.5 Å². The van der Waals surface area contributed by atoms with Crippen molar-refractivity contribution in [2.75, 3.05) is 19.6 Å². The predicted octanol–water partition coefficient (Wildman–Crippen LogP) is 2.72. The second kappa shape index (κ2) is 9.56. The zero-order chi connectivity index (χ0) is 21.4. The summed E-state index contributed by atoms with van der Waals surface area (Å²) in [5, 5.41) is 8.72. The molecule has 1 saturated heterocycles. The number of aromatic nitrogens is 1. The van der Waals surface area contributed by atoms with Gasteiger partial charge >= 0.3 is 0 Å². The van der Waals surface area contributed by atoms with Crippen molar-refractivity contribution < 1.29 is 9.59 Å². The highest BCUT2D eigenvalue weighted by Crippen LogP contribution is 2.52. The fraction of sp³-hybridized carbons (Fsp3) is 0.417. The number of hydrogen-bond acceptors (Lipinski definition) is 4. The van der Waals surface area contributed by atoms with Crippen molar-refractivity contribution in [2.45, 2.75) is 19.9 Å². The van der Waals surface area contributed by atoms with Crippen LogP contribution in [0, 0.1) is 23.7 Å². The van der Waals surface area contributed by atoms with Crippen LogP contribution in [0.15, 0.2) is 53.7 Å². The van der Waals surface area contributed by atoms with Gasteiger partial charge < -0.3 is 10.6 Å². The van der Waals surface area contributed by atoms with Crippen molar-refractivity contribution in [3.63, 3.8) is 0 Å². The molecule has 2 fully saturated rings. The molecule has 8 heteroatoms. The number of hydrogen-bond donors (Lipinski definition) is 2. The van der Waals surface area contributed by atoms with Crippen molar-refractivity contribution in [1.29, 1.82) is 0 Å². The molecule has 1 saturated carbocycles. The number of carbonyl (C=O) groups excluding carboxylic acids is 2. The Hall–Kier alpha value is -2.49. The van der Waals surface area contributed by atoms with Crippen LogP contribution in [0.5, 0.6) is 0 Å². The van der Waals surface area contributed by atoms with E-state index >= 15 is 0 Å². The average molecular weight is 545 g/mol. The Morgan fingerprint density at radius 1 is 1.09 bits per heavy atom. The van der Waals surface area contributed by atoms with Crippen LogP contribution in [-0.2, 0) is 16.1 Å². The lowest BCUT2D eigenvalue weighted by atomic mass is 9.85. The first-order valence-corrected chi connectivity index (χ1v) is 11.1. The van der Waals surface area contributed by atoms with Crippen LogP contribution >= 0.6 is 24.0 Å². The molecule has 1 aromatic heterocycles. The summed E-state index contributed by atoms with van der Waals surface area (Å²) in [6.45, 7) is 3.99. The number of carbonyl (C=O) groups is 2. The molecule has 4 unspecified atom stereocenters. The molecular weight excluding hydrogens is 517 g/mol. The number of amides is 2. The summed E-state index contributed by atoms with van der Waals surface area (Å²) in [6, 6.07) is 10.1. The third kappa shape index (κ3) is 4.00. The van der Waals surface area contributed by atoms with Gasteiger partial charge in [-0.05, 0) is 36.6 Å². The van der Waals surface area contributed by atoms with Crippen LogP contribution in [-0.4, -0.2) is 47.3 Å². The van der Waals surface area contributed by atoms with E-state index < -0.39 is 0 Å². The molecule has 2 N–H and O–H groups in total. The Bertz CT molecular complexity index is 1050. The monoisotopic (exact) mass is 545 g/mol. The van der Waals surface area contributed by atoms with Crippen molar-refractivity contribution in [2.24, 2.45) is 28.7 Å². The second-order valence-corrected chi connectivity index (χ2v) is 8.43. The Morgan fingerprint density at radius 3 is 2.53 bits per heavy atom. The molecule has 0 spiro atoms. The molecule has 1 aromatic carbocycles. The minimum absolute atomic E-state index is 0. The first-order valence-electron chi connectivity index (χ1n) is 11.1. The van der Waals surface area contributed by atoms with E-state index in [1.165, 1.54) is 4.90 Å². The molecule has 168 valence electrons. The van der Waals surface area contributed by atoms with Crippen LogP contribution < -0.4 is 10.6 Å². The summed E-state index contributed by atoms with van der Waals surface area (Å²) in [4.78, 5) is 36.2. The molecule has 32 heavy (non-hydrogen) atoms. The third-order valence-electron chi connectivity index (χ3n) is 6.68. The number of aliphatic imine (C=N–C) groups is 1. The highest BCUT2D eigenvalue weighted by molar-refractivity contribution is 14.0. The van der Waals surface area contributed by atoms with E-state index in [1.54, 1.807) is 6.20 Å². The molecule has 2 aromatic rings. The van der Waals surface area contributed by atoms with E-state index in [4.69, 9.17) is 0 Å². The van der Waals surface area contributed by atoms with Gasteiger partial charge in [-0.3, -0.25) is 19.5 Å². The van der Waals surface area contributed by atoms with Gasteiger partial charge in [-0.1, -0.05) is 36.4 Å². The van der Waals surface area contributed by atoms with Crippen LogP contribution in [0.2, 0.25) is 0 Å². The van der Waals surface area contributed by atoms with E-state index in [9.17, 15) is 9.59 Å². The van der Waals surface area contributed by atoms with Gasteiger partial charge in [0.1, 0.15) is 0 Å². The van der Waals surface area contributed by atoms with Crippen molar-refractivity contribution in [1.82, 2.24) is 20.5 Å². The van der Waals surface area contributed by atoms with E-state index in [-0.39, 0.29) is 59.5 Å². The van der Waals surface area contributed by atoms with Gasteiger partial charge in [0.15, 0.2) is 5.96 Å². The number of imide groups is 1. The molecule has 1 aliphatic heterocycles. The minimum atomic E-state index is -0.137. The zero-order valence-electron chi connectivity index (χ0n) is 18.0. The summed E-state index contributed by atoms with van der Waals surface area (Å²) in [5.74, 6) is 0.862. The second-order valence-electron chi connectivity index (χ2n) is 8.43. The van der Waals surface area contributed by atoms with Gasteiger partial charge in [-0.2, -0.15) is 0 Å². The molecule has 4 atom stereocenters. The lowest BCUT2D eigenvalue weighted by Gasteiger charge is -2.18. The van der Waals surface area contributed by atoms with Gasteiger partial charge in [-0.25, -0.2) is 4.99 Å². The fourth-order valence-electron chi connectivity index (χ4n) is 5.27. The molecule has 3 aliphatic rings. The number of benzene rings is 1. The van der Waals surface area contributed by atoms with Gasteiger partial charge in [0.05, 0.1) is 24.1 Å². The van der Waals surface area contributed by atoms with Crippen LogP contribution in [0.25, 0.3) is 10.8 Å². The zero-order valence-corrected chi connectivity index (χ0v) is 20.4. The van der Waals surface area contributed by atoms with E-state index in [0.29, 0.717) is 25.6 Å². The maximum absolute atomic E-state index is 12.8. The molecule has 2 bridgehead atoms. The number of pyridine rings is 1. The predicted molar refractivity (Wildman–Crippen MR) is 134 cm³/mol. The number of nitrogens with one attached hydrogen (secondary N) is 2. The molecule has 2 aliphatic carbocycles. The topological polar surface area (TPSA) is 86.7 Å². The Labute approximate surface area is 204 Å². The first kappa shape index (κ1) is 22.7. The SMILES string of the molecule is CCNC(=NCc1nccc2ccccc12)NCCN1C(=O)C2C3C=CC(C3)C2C1=O.I. The Kier molecular flexibility index (Phi) is 6.78. The van der Waals surface area contributed by atoms with E-state index in [0.717, 1.165) is 29.4 Å². The van der Waals surface area contributed by atoms with Gasteiger partial charge in [0.2, 0.25) is 11.8 Å². The lowest BCUT2D eigenvalue weighted by molar-refractivity contribution is -0.140. The molecule has 2 heterocycles. The smallest absolute Gasteiger partial charge is 0.233 e. The summed E-state index contributed by atoms with van der Waals surface area (Å²) in [5.41, 5.74) is 0.913. The summed E-state index contributed by atoms with van der Waals surface area (Å²) < 4.78 is 0. The minimum Gasteiger partial charge on any atom is -0.357 e. The summed E-state index contributed by atoms with van der Waals surface area (Å²) in [6.07, 6.45) is 7.00. The van der Waals surface area contributed by atoms with Crippen molar-refractivity contribution in [3.8, 4) is 0 Å². The molecular formula is C24H28IN5O2. The molecule has 5 rings (SSSR count). The van der Waals surface area contributed by atoms with Crippen LogP contribution in [0.3, 0.4) is 0 Å². The van der Waals surface area contributed by atoms with Crippen molar-refractivity contribution in [3.05, 3.63) is 54.4 Å². The number of guanidine groups is 1. The van der Waals surface area contributed by atoms with E-state index in [1.807, 2.05) is 25.1 Å². The highest BCUT2D eigenvalue weighted by atomic mass is 127. The van der Waals surface area contributed by atoms with Crippen LogP contribution in [0.1, 0.15) is 19.0 Å². The fourth-order valence-corrected chi connectivity index (χ4v) is 5.27. The molecule has 0 radical (unpaired) electrons. The van der Waals surface area contributed by atoms with Gasteiger partial charge in [0.25, 0.3) is 0 Å². The molecule has 7 nitrogen and oxygen atoms in total. The van der Waals surface area contributed by atoms with Gasteiger partial charge in [-0.15, -0.1) is 24.0 Å². The van der Waals surface area contributed by atoms with E-state index in [2.05, 4.69) is 44.9 Å². The highest BCUT2D eigenvalue weighted by Gasteiger charge is 2.58. The number of fused-ring (bicyclic) bond motifs is 6. The Balaban J connectivity index is 0.00000245. The lowest BCUT2D eigenvalue weighted by Crippen LogP contribution is -2.43. The Morgan fingerprint density at radius 2 is 1.81 bits per heavy atom. The standard InChI is InChI=1S/C24H27N5O2.HI/c1-2-25-24(28-14-19-18-6-4-3-5-15(18)9-10-26-19)27-11-12-29-22(30)20-16-7-8-17(13-16)21(20)23(29)31;/h3-10,16-17,20-21H,2,11-14H2,1H3,(H2,25,27,28);1H. The summed E-state index contributed by atoms with van der Waals surface area (Å²) in [7, 11) is 0. The number of halogens is 1. The normalized spacial score (nSPS) is 25.9. The van der Waals surface area contributed by atoms with Gasteiger partial charge in [0, 0.05) is 31.2 Å². The number of allylic oxidation sites excluding steroid dienone is 2. The number of nitrogens with zero attached hydrogens (tertiary/aromatic N) is 3. The average Bonchev–Trinajstić information content (AvgIpc) is 3.47. The van der Waals surface area contributed by atoms with Crippen LogP contribution in [0.4, 0.5) is 0 Å². The quantitative estimate of drug-likeness (QED) is 0.192. The maximum atomic E-state index is 12.8. The summed E-state index contributed by atoms with van der Waals surface area (Å²) >= 11 is 0. The maximum Gasteiger partial charge on any atom is 0.233 e. The third-order valence-corrected chi connectivity index (χ3v) is 6.68. The largest absolute Gasteiger partial charge is 0.357 e. The number of likely N-dealkylation sites (tertiary alicyclic amines) is 1. The number of rotatable bonds is 6. The first-order chi connectivity index (χ1) is 15.2.